The minimum Gasteiger partial charge on any atom is -0.477 e. The van der Waals surface area contributed by atoms with Crippen LogP contribution in [0.1, 0.15) is 16.2 Å². The normalized spacial score (nSPS) is 10.7. The summed E-state index contributed by atoms with van der Waals surface area (Å²) in [4.78, 5) is 15.2. The number of fused-ring (bicyclic) bond motifs is 1. The third-order valence-corrected chi connectivity index (χ3v) is 2.79. The number of nitrogens with zero attached hydrogens (tertiary/aromatic N) is 2. The first-order chi connectivity index (χ1) is 9.63. The van der Waals surface area contributed by atoms with E-state index < -0.39 is 5.97 Å². The number of para-hydroxylation sites is 1. The Morgan fingerprint density at radius 2 is 2.10 bits per heavy atom. The van der Waals surface area contributed by atoms with E-state index in [9.17, 15) is 4.79 Å². The van der Waals surface area contributed by atoms with Crippen molar-refractivity contribution in [3.05, 3.63) is 47.8 Å². The van der Waals surface area contributed by atoms with Gasteiger partial charge in [0.15, 0.2) is 5.69 Å². The summed E-state index contributed by atoms with van der Waals surface area (Å²) in [6, 6.07) is 10.3. The highest BCUT2D eigenvalue weighted by molar-refractivity contribution is 5.93. The van der Waals surface area contributed by atoms with Crippen molar-refractivity contribution in [3.63, 3.8) is 0 Å². The molecule has 2 heterocycles. The van der Waals surface area contributed by atoms with E-state index in [1.807, 2.05) is 19.1 Å². The van der Waals surface area contributed by atoms with Crippen molar-refractivity contribution in [1.82, 2.24) is 15.2 Å². The predicted octanol–water partition coefficient (Wildman–Crippen LogP) is 2.76. The molecule has 0 saturated heterocycles. The van der Waals surface area contributed by atoms with E-state index in [1.54, 1.807) is 18.2 Å². The number of benzene rings is 1. The van der Waals surface area contributed by atoms with Crippen LogP contribution >= 0.6 is 0 Å². The number of nitrogens with one attached hydrogen (secondary N) is 1. The van der Waals surface area contributed by atoms with Gasteiger partial charge in [-0.2, -0.15) is 0 Å². The number of aryl methyl sites for hydroxylation is 1. The van der Waals surface area contributed by atoms with Crippen molar-refractivity contribution in [2.45, 2.75) is 6.92 Å². The second kappa shape index (κ2) is 4.65. The van der Waals surface area contributed by atoms with Gasteiger partial charge < -0.3 is 9.84 Å². The van der Waals surface area contributed by atoms with Gasteiger partial charge in [-0.3, -0.25) is 5.10 Å². The topological polar surface area (TPSA) is 88.1 Å². The Labute approximate surface area is 114 Å². The first-order valence-corrected chi connectivity index (χ1v) is 5.96. The summed E-state index contributed by atoms with van der Waals surface area (Å²) in [5.74, 6) is -0.298. The predicted molar refractivity (Wildman–Crippen MR) is 72.1 cm³/mol. The molecule has 6 heteroatoms. The van der Waals surface area contributed by atoms with Crippen molar-refractivity contribution in [2.24, 2.45) is 0 Å². The Morgan fingerprint density at radius 3 is 2.80 bits per heavy atom. The zero-order valence-corrected chi connectivity index (χ0v) is 10.6. The molecule has 20 heavy (non-hydrogen) atoms. The van der Waals surface area contributed by atoms with Crippen LogP contribution in [0, 0.1) is 6.92 Å². The lowest BCUT2D eigenvalue weighted by Gasteiger charge is -2.07. The van der Waals surface area contributed by atoms with Gasteiger partial charge in [-0.1, -0.05) is 12.1 Å². The van der Waals surface area contributed by atoms with E-state index in [2.05, 4.69) is 15.2 Å². The number of pyridine rings is 1. The van der Waals surface area contributed by atoms with Crippen LogP contribution in [0.3, 0.4) is 0 Å². The number of rotatable bonds is 3. The van der Waals surface area contributed by atoms with E-state index in [4.69, 9.17) is 9.84 Å². The van der Waals surface area contributed by atoms with Crippen LogP contribution in [-0.2, 0) is 0 Å². The number of aromatic carboxylic acids is 1. The van der Waals surface area contributed by atoms with Crippen molar-refractivity contribution >= 4 is 16.9 Å². The van der Waals surface area contributed by atoms with Gasteiger partial charge in [0.1, 0.15) is 5.75 Å². The van der Waals surface area contributed by atoms with Crippen molar-refractivity contribution in [3.8, 4) is 11.6 Å². The highest BCUT2D eigenvalue weighted by atomic mass is 16.5. The summed E-state index contributed by atoms with van der Waals surface area (Å²) < 4.78 is 5.66. The quantitative estimate of drug-likeness (QED) is 0.763. The molecule has 0 spiro atoms. The van der Waals surface area contributed by atoms with Crippen LogP contribution in [0.2, 0.25) is 0 Å². The number of hydrogen-bond donors (Lipinski definition) is 2. The van der Waals surface area contributed by atoms with E-state index in [0.717, 1.165) is 11.1 Å². The molecule has 0 fully saturated rings. The Bertz CT molecular complexity index is 795. The molecule has 0 unspecified atom stereocenters. The van der Waals surface area contributed by atoms with Crippen LogP contribution in [0.5, 0.6) is 11.6 Å². The molecule has 0 bridgehead atoms. The molecule has 2 N–H and O–H groups in total. The van der Waals surface area contributed by atoms with Gasteiger partial charge in [0.2, 0.25) is 5.88 Å². The third kappa shape index (κ3) is 2.18. The number of H-pyrrole nitrogens is 1. The highest BCUT2D eigenvalue weighted by Gasteiger charge is 2.13. The maximum atomic E-state index is 11.1. The fraction of sp³-hybridized carbons (Fsp3) is 0.0714. The Hall–Kier alpha value is -2.89. The van der Waals surface area contributed by atoms with Gasteiger partial charge in [0.05, 0.1) is 5.52 Å². The Kier molecular flexibility index (Phi) is 2.83. The van der Waals surface area contributed by atoms with Gasteiger partial charge >= 0.3 is 5.97 Å². The fourth-order valence-corrected chi connectivity index (χ4v) is 1.90. The summed E-state index contributed by atoms with van der Waals surface area (Å²) in [6.45, 7) is 1.85. The summed E-state index contributed by atoms with van der Waals surface area (Å²) in [5.41, 5.74) is 1.36. The molecule has 3 aromatic rings. The monoisotopic (exact) mass is 269 g/mol. The molecule has 100 valence electrons. The molecular weight excluding hydrogens is 258 g/mol. The van der Waals surface area contributed by atoms with E-state index >= 15 is 0 Å². The Morgan fingerprint density at radius 1 is 1.30 bits per heavy atom. The van der Waals surface area contributed by atoms with Gasteiger partial charge in [-0.05, 0) is 19.1 Å². The van der Waals surface area contributed by atoms with Crippen LogP contribution in [0.15, 0.2) is 36.4 Å². The molecule has 1 aromatic carbocycles. The molecular formula is C14H11N3O3. The van der Waals surface area contributed by atoms with E-state index in [0.29, 0.717) is 17.1 Å². The van der Waals surface area contributed by atoms with Crippen molar-refractivity contribution in [1.29, 1.82) is 0 Å². The van der Waals surface area contributed by atoms with E-state index in [1.165, 1.54) is 6.07 Å². The van der Waals surface area contributed by atoms with Crippen LogP contribution in [0.4, 0.5) is 0 Å². The van der Waals surface area contributed by atoms with Gasteiger partial charge in [-0.15, -0.1) is 5.10 Å². The Balaban J connectivity index is 2.14. The number of ether oxygens (including phenoxy) is 1. The standard InChI is InChI=1S/C14H11N3O3/c1-8-6-13(17-16-8)20-12-7-11(14(18)19)15-10-5-3-2-4-9(10)12/h2-7H,1H3,(H,16,17)(H,18,19). The molecule has 0 radical (unpaired) electrons. The largest absolute Gasteiger partial charge is 0.477 e. The summed E-state index contributed by atoms with van der Waals surface area (Å²) in [7, 11) is 0. The van der Waals surface area contributed by atoms with Crippen LogP contribution in [-0.4, -0.2) is 26.3 Å². The minimum atomic E-state index is -1.10. The van der Waals surface area contributed by atoms with Crippen LogP contribution < -0.4 is 4.74 Å². The molecule has 2 aromatic heterocycles. The highest BCUT2D eigenvalue weighted by Crippen LogP contribution is 2.29. The molecule has 0 aliphatic heterocycles. The number of hydrogen-bond acceptors (Lipinski definition) is 4. The number of carboxylic acids is 1. The molecule has 0 saturated carbocycles. The van der Waals surface area contributed by atoms with E-state index in [-0.39, 0.29) is 5.69 Å². The summed E-state index contributed by atoms with van der Waals surface area (Å²) in [5, 5.41) is 16.6. The number of carboxylic acid groups (broad SMARTS) is 1. The second-order valence-corrected chi connectivity index (χ2v) is 4.32. The number of aromatic amines is 1. The summed E-state index contributed by atoms with van der Waals surface area (Å²) >= 11 is 0. The van der Waals surface area contributed by atoms with Gasteiger partial charge in [0, 0.05) is 23.2 Å². The van der Waals surface area contributed by atoms with Gasteiger partial charge in [0.25, 0.3) is 0 Å². The lowest BCUT2D eigenvalue weighted by Crippen LogP contribution is -2.01. The third-order valence-electron chi connectivity index (χ3n) is 2.79. The van der Waals surface area contributed by atoms with Crippen LogP contribution in [0.25, 0.3) is 10.9 Å². The molecule has 3 rings (SSSR count). The van der Waals surface area contributed by atoms with Crippen molar-refractivity contribution in [2.75, 3.05) is 0 Å². The molecule has 0 aliphatic carbocycles. The SMILES string of the molecule is Cc1cc(Oc2cc(C(=O)O)nc3ccccc23)n[nH]1. The second-order valence-electron chi connectivity index (χ2n) is 4.32. The molecule has 0 atom stereocenters. The van der Waals surface area contributed by atoms with Gasteiger partial charge in [-0.25, -0.2) is 9.78 Å². The zero-order valence-electron chi connectivity index (χ0n) is 10.6. The van der Waals surface area contributed by atoms with Crippen molar-refractivity contribution < 1.29 is 14.6 Å². The zero-order chi connectivity index (χ0) is 14.1. The maximum absolute atomic E-state index is 11.1. The summed E-state index contributed by atoms with van der Waals surface area (Å²) in [6.07, 6.45) is 0. The maximum Gasteiger partial charge on any atom is 0.354 e. The number of aromatic nitrogens is 3. The lowest BCUT2D eigenvalue weighted by atomic mass is 10.2. The minimum absolute atomic E-state index is 0.0639. The first-order valence-electron chi connectivity index (χ1n) is 5.96. The molecule has 0 amide bonds. The lowest BCUT2D eigenvalue weighted by molar-refractivity contribution is 0.0690. The first kappa shape index (κ1) is 12.2. The number of carbonyl (C=O) groups is 1. The molecule has 6 nitrogen and oxygen atoms in total. The average molecular weight is 269 g/mol. The smallest absolute Gasteiger partial charge is 0.354 e. The average Bonchev–Trinajstić information content (AvgIpc) is 2.84. The molecule has 0 aliphatic rings. The fourth-order valence-electron chi connectivity index (χ4n) is 1.90.